The first-order valence-electron chi connectivity index (χ1n) is 7.53. The van der Waals surface area contributed by atoms with Crippen LogP contribution in [0.25, 0.3) is 11.1 Å². The van der Waals surface area contributed by atoms with Crippen LogP contribution < -0.4 is 5.32 Å². The molecule has 1 N–H and O–H groups in total. The molecule has 1 amide bonds. The largest absolute Gasteiger partial charge is 0.437 e. The monoisotopic (exact) mass is 316 g/mol. The van der Waals surface area contributed by atoms with Crippen LogP contribution in [-0.2, 0) is 4.84 Å². The standard InChI is InChI=1S/C20H16N2O2/c23-20(24-21-15-16-7-3-1-4-8-16)22-19-13-11-18(12-14-19)17-9-5-2-6-10-17/h1-15H,(H,22,23)/b21-15+. The molecule has 0 bridgehead atoms. The van der Waals surface area contributed by atoms with E-state index in [9.17, 15) is 4.79 Å². The Kier molecular flexibility index (Phi) is 5.00. The van der Waals surface area contributed by atoms with Gasteiger partial charge in [-0.2, -0.15) is 0 Å². The number of amides is 1. The van der Waals surface area contributed by atoms with Crippen molar-refractivity contribution in [3.05, 3.63) is 90.5 Å². The highest BCUT2D eigenvalue weighted by molar-refractivity contribution is 5.86. The first kappa shape index (κ1) is 15.5. The molecule has 118 valence electrons. The Labute approximate surface area is 140 Å². The molecule has 0 spiro atoms. The number of anilines is 1. The molecule has 0 heterocycles. The molecule has 4 heteroatoms. The Morgan fingerprint density at radius 3 is 2.04 bits per heavy atom. The number of carbonyl (C=O) groups is 1. The van der Waals surface area contributed by atoms with Gasteiger partial charge in [0.2, 0.25) is 0 Å². The fraction of sp³-hybridized carbons (Fsp3) is 0. The minimum absolute atomic E-state index is 0.630. The zero-order valence-corrected chi connectivity index (χ0v) is 12.9. The van der Waals surface area contributed by atoms with Gasteiger partial charge in [-0.25, -0.2) is 4.79 Å². The third-order valence-electron chi connectivity index (χ3n) is 3.38. The summed E-state index contributed by atoms with van der Waals surface area (Å²) in [4.78, 5) is 16.5. The number of benzene rings is 3. The predicted octanol–water partition coefficient (Wildman–Crippen LogP) is 4.94. The van der Waals surface area contributed by atoms with Crippen LogP contribution in [0.1, 0.15) is 5.56 Å². The van der Waals surface area contributed by atoms with E-state index in [4.69, 9.17) is 4.84 Å². The van der Waals surface area contributed by atoms with Gasteiger partial charge in [0.25, 0.3) is 0 Å². The summed E-state index contributed by atoms with van der Waals surface area (Å²) >= 11 is 0. The summed E-state index contributed by atoms with van der Waals surface area (Å²) in [5.41, 5.74) is 3.71. The molecule has 0 aliphatic heterocycles. The van der Waals surface area contributed by atoms with Crippen LogP contribution in [0.2, 0.25) is 0 Å². The van der Waals surface area contributed by atoms with Gasteiger partial charge in [-0.15, -0.1) is 0 Å². The number of hydrogen-bond donors (Lipinski definition) is 1. The summed E-state index contributed by atoms with van der Waals surface area (Å²) < 4.78 is 0. The first-order valence-corrected chi connectivity index (χ1v) is 7.53. The molecule has 0 saturated carbocycles. The van der Waals surface area contributed by atoms with Gasteiger partial charge in [-0.1, -0.05) is 78.0 Å². The number of nitrogens with zero attached hydrogens (tertiary/aromatic N) is 1. The van der Waals surface area contributed by atoms with Gasteiger partial charge in [-0.05, 0) is 28.8 Å². The fourth-order valence-electron chi connectivity index (χ4n) is 2.19. The number of oxime groups is 1. The molecule has 24 heavy (non-hydrogen) atoms. The van der Waals surface area contributed by atoms with Gasteiger partial charge in [0.15, 0.2) is 0 Å². The number of hydrogen-bond acceptors (Lipinski definition) is 3. The van der Waals surface area contributed by atoms with Gasteiger partial charge in [-0.3, -0.25) is 10.2 Å². The van der Waals surface area contributed by atoms with Crippen LogP contribution in [0.15, 0.2) is 90.1 Å². The smallest absolute Gasteiger partial charge is 0.298 e. The van der Waals surface area contributed by atoms with Gasteiger partial charge in [0, 0.05) is 5.69 Å². The van der Waals surface area contributed by atoms with Crippen molar-refractivity contribution in [3.8, 4) is 11.1 Å². The van der Waals surface area contributed by atoms with E-state index in [-0.39, 0.29) is 0 Å². The molecular weight excluding hydrogens is 300 g/mol. The highest BCUT2D eigenvalue weighted by Crippen LogP contribution is 2.21. The Morgan fingerprint density at radius 2 is 1.38 bits per heavy atom. The molecule has 3 aromatic carbocycles. The van der Waals surface area contributed by atoms with Crippen LogP contribution in [-0.4, -0.2) is 12.3 Å². The second-order valence-electron chi connectivity index (χ2n) is 5.09. The zero-order valence-electron chi connectivity index (χ0n) is 12.9. The van der Waals surface area contributed by atoms with Crippen molar-refractivity contribution in [2.24, 2.45) is 5.16 Å². The molecule has 0 aliphatic carbocycles. The molecule has 4 nitrogen and oxygen atoms in total. The fourth-order valence-corrected chi connectivity index (χ4v) is 2.19. The van der Waals surface area contributed by atoms with E-state index in [1.807, 2.05) is 84.9 Å². The van der Waals surface area contributed by atoms with E-state index >= 15 is 0 Å². The van der Waals surface area contributed by atoms with E-state index in [0.29, 0.717) is 5.69 Å². The average molecular weight is 316 g/mol. The summed E-state index contributed by atoms with van der Waals surface area (Å²) in [5, 5.41) is 6.30. The maximum absolute atomic E-state index is 11.7. The van der Waals surface area contributed by atoms with Crippen LogP contribution in [0, 0.1) is 0 Å². The third-order valence-corrected chi connectivity index (χ3v) is 3.38. The van der Waals surface area contributed by atoms with Gasteiger partial charge in [0.1, 0.15) is 0 Å². The minimum atomic E-state index is -0.630. The second-order valence-corrected chi connectivity index (χ2v) is 5.09. The molecule has 0 radical (unpaired) electrons. The van der Waals surface area contributed by atoms with Crippen molar-refractivity contribution in [2.75, 3.05) is 5.32 Å². The quantitative estimate of drug-likeness (QED) is 0.421. The Bertz CT molecular complexity index is 813. The molecule has 0 aliphatic rings. The maximum Gasteiger partial charge on any atom is 0.437 e. The van der Waals surface area contributed by atoms with Crippen LogP contribution in [0.5, 0.6) is 0 Å². The molecule has 3 aromatic rings. The summed E-state index contributed by atoms with van der Waals surface area (Å²) in [6, 6.07) is 27.0. The SMILES string of the molecule is O=C(Nc1ccc(-c2ccccc2)cc1)O/N=C/c1ccccc1. The van der Waals surface area contributed by atoms with Crippen LogP contribution in [0.4, 0.5) is 10.5 Å². The molecule has 0 aromatic heterocycles. The topological polar surface area (TPSA) is 50.7 Å². The number of carbonyl (C=O) groups excluding carboxylic acids is 1. The molecule has 0 saturated heterocycles. The predicted molar refractivity (Wildman–Crippen MR) is 96.0 cm³/mol. The number of rotatable bonds is 4. The lowest BCUT2D eigenvalue weighted by Gasteiger charge is -2.05. The second kappa shape index (κ2) is 7.74. The number of nitrogens with one attached hydrogen (secondary N) is 1. The molecule has 0 unspecified atom stereocenters. The van der Waals surface area contributed by atoms with Crippen molar-refractivity contribution < 1.29 is 9.63 Å². The van der Waals surface area contributed by atoms with E-state index < -0.39 is 6.09 Å². The minimum Gasteiger partial charge on any atom is -0.298 e. The van der Waals surface area contributed by atoms with Crippen LogP contribution >= 0.6 is 0 Å². The maximum atomic E-state index is 11.7. The van der Waals surface area contributed by atoms with E-state index in [1.54, 1.807) is 0 Å². The normalized spacial score (nSPS) is 10.5. The van der Waals surface area contributed by atoms with Crippen LogP contribution in [0.3, 0.4) is 0 Å². The lowest BCUT2D eigenvalue weighted by atomic mass is 10.1. The van der Waals surface area contributed by atoms with Gasteiger partial charge < -0.3 is 0 Å². The van der Waals surface area contributed by atoms with Gasteiger partial charge >= 0.3 is 6.09 Å². The lowest BCUT2D eigenvalue weighted by molar-refractivity contribution is 0.167. The van der Waals surface area contributed by atoms with Crippen molar-refractivity contribution in [2.45, 2.75) is 0 Å². The van der Waals surface area contributed by atoms with Crippen molar-refractivity contribution in [1.29, 1.82) is 0 Å². The molecule has 0 atom stereocenters. The summed E-state index contributed by atoms with van der Waals surface area (Å²) in [7, 11) is 0. The van der Waals surface area contributed by atoms with Gasteiger partial charge in [0.05, 0.1) is 6.21 Å². The first-order chi connectivity index (χ1) is 11.8. The van der Waals surface area contributed by atoms with Crippen molar-refractivity contribution in [1.82, 2.24) is 0 Å². The van der Waals surface area contributed by atoms with Crippen molar-refractivity contribution >= 4 is 18.0 Å². The Hall–Kier alpha value is -3.40. The average Bonchev–Trinajstić information content (AvgIpc) is 2.64. The summed E-state index contributed by atoms with van der Waals surface area (Å²) in [5.74, 6) is 0. The highest BCUT2D eigenvalue weighted by Gasteiger charge is 2.03. The van der Waals surface area contributed by atoms with E-state index in [2.05, 4.69) is 10.5 Å². The molecule has 0 fully saturated rings. The summed E-state index contributed by atoms with van der Waals surface area (Å²) in [6.07, 6.45) is 0.854. The van der Waals surface area contributed by atoms with Crippen molar-refractivity contribution in [3.63, 3.8) is 0 Å². The highest BCUT2D eigenvalue weighted by atomic mass is 16.7. The molecule has 3 rings (SSSR count). The third kappa shape index (κ3) is 4.30. The molecular formula is C20H16N2O2. The Morgan fingerprint density at radius 1 is 0.792 bits per heavy atom. The van der Waals surface area contributed by atoms with E-state index in [0.717, 1.165) is 16.7 Å². The summed E-state index contributed by atoms with van der Waals surface area (Å²) in [6.45, 7) is 0. The van der Waals surface area contributed by atoms with E-state index in [1.165, 1.54) is 6.21 Å². The lowest BCUT2D eigenvalue weighted by Crippen LogP contribution is -2.10. The zero-order chi connectivity index (χ0) is 16.6. The Balaban J connectivity index is 1.56.